The zero-order chi connectivity index (χ0) is 21.0. The zero-order valence-electron chi connectivity index (χ0n) is 17.0. The molecule has 0 aliphatic carbocycles. The number of sulfonamides is 1. The number of aryl methyl sites for hydroxylation is 1. The Morgan fingerprint density at radius 1 is 1.28 bits per heavy atom. The summed E-state index contributed by atoms with van der Waals surface area (Å²) in [5, 5.41) is 2.85. The largest absolute Gasteiger partial charge is 0.475 e. The van der Waals surface area contributed by atoms with Gasteiger partial charge in [0.1, 0.15) is 6.04 Å². The summed E-state index contributed by atoms with van der Waals surface area (Å²) in [5.41, 5.74) is 1.73. The summed E-state index contributed by atoms with van der Waals surface area (Å²) in [4.78, 5) is 17.2. The first-order valence-electron chi connectivity index (χ1n) is 9.76. The van der Waals surface area contributed by atoms with E-state index in [0.29, 0.717) is 25.3 Å². The number of carbonyl (C=O) groups is 1. The number of nitrogens with zero attached hydrogens (tertiary/aromatic N) is 2. The van der Waals surface area contributed by atoms with Gasteiger partial charge in [0.15, 0.2) is 0 Å². The Morgan fingerprint density at radius 2 is 2.00 bits per heavy atom. The van der Waals surface area contributed by atoms with Gasteiger partial charge >= 0.3 is 0 Å². The van der Waals surface area contributed by atoms with Crippen LogP contribution < -0.4 is 10.1 Å². The monoisotopic (exact) mass is 417 g/mol. The van der Waals surface area contributed by atoms with Crippen LogP contribution in [0.5, 0.6) is 5.88 Å². The minimum Gasteiger partial charge on any atom is -0.475 e. The van der Waals surface area contributed by atoms with E-state index in [0.717, 1.165) is 11.1 Å². The number of carbonyl (C=O) groups excluding carboxylic acids is 1. The first kappa shape index (κ1) is 21.3. The van der Waals surface area contributed by atoms with Gasteiger partial charge in [0.2, 0.25) is 21.8 Å². The number of ether oxygens (including phenoxy) is 1. The lowest BCUT2D eigenvalue weighted by molar-refractivity contribution is -0.124. The number of pyridine rings is 1. The number of rotatable bonds is 7. The Labute approximate surface area is 172 Å². The van der Waals surface area contributed by atoms with Gasteiger partial charge in [-0.3, -0.25) is 4.79 Å². The van der Waals surface area contributed by atoms with Crippen LogP contribution in [-0.2, 0) is 21.4 Å². The van der Waals surface area contributed by atoms with E-state index in [2.05, 4.69) is 10.3 Å². The average Bonchev–Trinajstić information content (AvgIpc) is 3.18. The molecular formula is C21H27N3O4S. The first-order chi connectivity index (χ1) is 13.8. The van der Waals surface area contributed by atoms with Crippen LogP contribution in [0.3, 0.4) is 0 Å². The molecule has 0 saturated carbocycles. The second-order valence-electron chi connectivity index (χ2n) is 7.44. The highest BCUT2D eigenvalue weighted by atomic mass is 32.2. The molecule has 1 N–H and O–H groups in total. The Hall–Kier alpha value is -2.45. The molecule has 1 saturated heterocycles. The van der Waals surface area contributed by atoms with Crippen molar-refractivity contribution in [3.63, 3.8) is 0 Å². The number of nitrogens with one attached hydrogen (secondary N) is 1. The van der Waals surface area contributed by atoms with Crippen molar-refractivity contribution in [2.75, 3.05) is 6.54 Å². The number of hydrogen-bond donors (Lipinski definition) is 1. The van der Waals surface area contributed by atoms with Gasteiger partial charge in [-0.05, 0) is 51.8 Å². The average molecular weight is 418 g/mol. The number of aromatic nitrogens is 1. The maximum atomic E-state index is 13.0. The summed E-state index contributed by atoms with van der Waals surface area (Å²) in [5.74, 6) is 0.163. The fourth-order valence-corrected chi connectivity index (χ4v) is 4.98. The van der Waals surface area contributed by atoms with Crippen LogP contribution in [0.2, 0.25) is 0 Å². The van der Waals surface area contributed by atoms with Gasteiger partial charge in [-0.1, -0.05) is 23.8 Å². The van der Waals surface area contributed by atoms with Gasteiger partial charge in [-0.25, -0.2) is 13.4 Å². The quantitative estimate of drug-likeness (QED) is 0.748. The summed E-state index contributed by atoms with van der Waals surface area (Å²) in [6.45, 7) is 6.28. The van der Waals surface area contributed by atoms with E-state index in [1.54, 1.807) is 36.5 Å². The SMILES string of the molecule is Cc1ccc(S(=O)(=O)N2CCC[C@H]2C(=O)NCc2cccnc2OC(C)C)cc1. The summed E-state index contributed by atoms with van der Waals surface area (Å²) in [6, 6.07) is 9.59. The van der Waals surface area contributed by atoms with Gasteiger partial charge in [-0.15, -0.1) is 0 Å². The van der Waals surface area contributed by atoms with Crippen molar-refractivity contribution in [3.8, 4) is 5.88 Å². The molecule has 156 valence electrons. The fraction of sp³-hybridized carbons (Fsp3) is 0.429. The number of hydrogen-bond acceptors (Lipinski definition) is 5. The van der Waals surface area contributed by atoms with Crippen LogP contribution >= 0.6 is 0 Å². The van der Waals surface area contributed by atoms with Crippen molar-refractivity contribution in [3.05, 3.63) is 53.7 Å². The molecule has 3 rings (SSSR count). The van der Waals surface area contributed by atoms with E-state index in [1.165, 1.54) is 4.31 Å². The molecule has 1 fully saturated rings. The van der Waals surface area contributed by atoms with Crippen molar-refractivity contribution in [2.45, 2.75) is 57.2 Å². The highest BCUT2D eigenvalue weighted by Crippen LogP contribution is 2.26. The molecule has 1 aliphatic heterocycles. The summed E-state index contributed by atoms with van der Waals surface area (Å²) in [6.07, 6.45) is 2.75. The van der Waals surface area contributed by atoms with Crippen molar-refractivity contribution < 1.29 is 17.9 Å². The third-order valence-corrected chi connectivity index (χ3v) is 6.71. The van der Waals surface area contributed by atoms with Crippen LogP contribution in [0, 0.1) is 6.92 Å². The molecule has 1 aromatic heterocycles. The van der Waals surface area contributed by atoms with Crippen molar-refractivity contribution in [1.29, 1.82) is 0 Å². The molecule has 1 aliphatic rings. The molecule has 0 spiro atoms. The smallest absolute Gasteiger partial charge is 0.243 e. The Balaban J connectivity index is 1.72. The molecule has 8 heteroatoms. The molecular weight excluding hydrogens is 390 g/mol. The predicted octanol–water partition coefficient (Wildman–Crippen LogP) is 2.65. The maximum absolute atomic E-state index is 13.0. The summed E-state index contributed by atoms with van der Waals surface area (Å²) in [7, 11) is -3.72. The third kappa shape index (κ3) is 4.94. The molecule has 2 heterocycles. The lowest BCUT2D eigenvalue weighted by Gasteiger charge is -2.23. The third-order valence-electron chi connectivity index (χ3n) is 4.78. The summed E-state index contributed by atoms with van der Waals surface area (Å²) >= 11 is 0. The first-order valence-corrected chi connectivity index (χ1v) is 11.2. The standard InChI is InChI=1S/C21H27N3O4S/c1-15(2)28-21-17(6-4-12-22-21)14-23-20(25)19-7-5-13-24(19)29(26,27)18-10-8-16(3)9-11-18/h4,6,8-12,15,19H,5,7,13-14H2,1-3H3,(H,23,25)/t19-/m0/s1. The van der Waals surface area contributed by atoms with E-state index in [4.69, 9.17) is 4.74 Å². The van der Waals surface area contributed by atoms with Gasteiger partial charge in [0, 0.05) is 24.8 Å². The second-order valence-corrected chi connectivity index (χ2v) is 9.33. The normalized spacial score (nSPS) is 17.4. The molecule has 0 radical (unpaired) electrons. The van der Waals surface area contributed by atoms with Crippen LogP contribution in [0.4, 0.5) is 0 Å². The molecule has 1 atom stereocenters. The number of amides is 1. The van der Waals surface area contributed by atoms with Crippen molar-refractivity contribution in [1.82, 2.24) is 14.6 Å². The molecule has 2 aromatic rings. The molecule has 1 aromatic carbocycles. The molecule has 0 bridgehead atoms. The predicted molar refractivity (Wildman–Crippen MR) is 110 cm³/mol. The number of benzene rings is 1. The lowest BCUT2D eigenvalue weighted by atomic mass is 10.2. The minimum atomic E-state index is -3.72. The van der Waals surface area contributed by atoms with Crippen LogP contribution in [0.25, 0.3) is 0 Å². The van der Waals surface area contributed by atoms with Crippen molar-refractivity contribution >= 4 is 15.9 Å². The fourth-order valence-electron chi connectivity index (χ4n) is 3.32. The molecule has 1 amide bonds. The van der Waals surface area contributed by atoms with E-state index in [9.17, 15) is 13.2 Å². The van der Waals surface area contributed by atoms with Gasteiger partial charge in [-0.2, -0.15) is 4.31 Å². The lowest BCUT2D eigenvalue weighted by Crippen LogP contribution is -2.45. The van der Waals surface area contributed by atoms with Gasteiger partial charge in [0.25, 0.3) is 0 Å². The highest BCUT2D eigenvalue weighted by molar-refractivity contribution is 7.89. The minimum absolute atomic E-state index is 0.0377. The van der Waals surface area contributed by atoms with E-state index in [1.807, 2.05) is 26.8 Å². The van der Waals surface area contributed by atoms with Crippen LogP contribution in [-0.4, -0.2) is 42.3 Å². The Bertz CT molecular complexity index is 958. The van der Waals surface area contributed by atoms with Crippen LogP contribution in [0.15, 0.2) is 47.5 Å². The van der Waals surface area contributed by atoms with E-state index < -0.39 is 16.1 Å². The Kier molecular flexibility index (Phi) is 6.54. The molecule has 0 unspecified atom stereocenters. The van der Waals surface area contributed by atoms with E-state index in [-0.39, 0.29) is 23.5 Å². The maximum Gasteiger partial charge on any atom is 0.243 e. The van der Waals surface area contributed by atoms with Gasteiger partial charge < -0.3 is 10.1 Å². The second kappa shape index (κ2) is 8.92. The molecule has 29 heavy (non-hydrogen) atoms. The summed E-state index contributed by atoms with van der Waals surface area (Å²) < 4.78 is 33.0. The zero-order valence-corrected chi connectivity index (χ0v) is 17.8. The molecule has 7 nitrogen and oxygen atoms in total. The topological polar surface area (TPSA) is 88.6 Å². The Morgan fingerprint density at radius 3 is 2.69 bits per heavy atom. The van der Waals surface area contributed by atoms with Gasteiger partial charge in [0.05, 0.1) is 11.0 Å². The van der Waals surface area contributed by atoms with Crippen LogP contribution in [0.1, 0.15) is 37.8 Å². The highest BCUT2D eigenvalue weighted by Gasteiger charge is 2.39. The van der Waals surface area contributed by atoms with E-state index >= 15 is 0 Å². The van der Waals surface area contributed by atoms with Crippen molar-refractivity contribution in [2.24, 2.45) is 0 Å².